The Hall–Kier alpha value is -3.63. The fraction of sp³-hybridized carbons (Fsp3) is 0.400. The van der Waals surface area contributed by atoms with E-state index in [0.29, 0.717) is 36.1 Å². The zero-order valence-electron chi connectivity index (χ0n) is 27.7. The molecule has 1 amide bonds. The maximum atomic E-state index is 13.3. The van der Waals surface area contributed by atoms with Gasteiger partial charge in [0.1, 0.15) is 12.4 Å². The van der Waals surface area contributed by atoms with E-state index in [-0.39, 0.29) is 23.0 Å². The number of nitrogens with zero attached hydrogens (tertiary/aromatic N) is 1. The van der Waals surface area contributed by atoms with E-state index in [9.17, 15) is 13.2 Å². The number of ether oxygens (including phenoxy) is 3. The summed E-state index contributed by atoms with van der Waals surface area (Å²) in [4.78, 5) is 15.9. The molecule has 3 N–H and O–H groups in total. The quantitative estimate of drug-likeness (QED) is 0.164. The van der Waals surface area contributed by atoms with Crippen LogP contribution in [-0.2, 0) is 41.0 Å². The van der Waals surface area contributed by atoms with Crippen molar-refractivity contribution in [2.24, 2.45) is 0 Å². The van der Waals surface area contributed by atoms with Gasteiger partial charge >= 0.3 is 10.4 Å². The lowest BCUT2D eigenvalue weighted by molar-refractivity contribution is -0.112. The van der Waals surface area contributed by atoms with Crippen LogP contribution in [-0.4, -0.2) is 88.6 Å². The number of fused-ring (bicyclic) bond motifs is 1. The van der Waals surface area contributed by atoms with Crippen molar-refractivity contribution in [3.05, 3.63) is 83.4 Å². The maximum absolute atomic E-state index is 13.3. The molecule has 2 aliphatic rings. The van der Waals surface area contributed by atoms with E-state index in [2.05, 4.69) is 24.2 Å². The Morgan fingerprint density at radius 3 is 2.27 bits per heavy atom. The number of carbonyl (C=O) groups is 1. The van der Waals surface area contributed by atoms with E-state index in [1.807, 2.05) is 60.7 Å². The molecule has 14 heteroatoms. The first-order valence-electron chi connectivity index (χ1n) is 16.1. The minimum Gasteiger partial charge on any atom is -0.491 e. The number of sulfone groups is 1. The highest BCUT2D eigenvalue weighted by Crippen LogP contribution is 2.32. The number of hydrogen-bond donors (Lipinski definition) is 3. The fourth-order valence-electron chi connectivity index (χ4n) is 5.57. The molecule has 1 fully saturated rings. The lowest BCUT2D eigenvalue weighted by Gasteiger charge is -2.31. The summed E-state index contributed by atoms with van der Waals surface area (Å²) in [7, 11) is -6.07. The Morgan fingerprint density at radius 2 is 1.61 bits per heavy atom. The van der Waals surface area contributed by atoms with Crippen LogP contribution in [0.1, 0.15) is 43.7 Å². The first-order chi connectivity index (χ1) is 23.3. The second-order valence-corrected chi connectivity index (χ2v) is 14.8. The molecule has 0 aliphatic carbocycles. The van der Waals surface area contributed by atoms with Gasteiger partial charge in [-0.2, -0.15) is 8.42 Å². The molecule has 266 valence electrons. The van der Waals surface area contributed by atoms with Crippen LogP contribution in [0.3, 0.4) is 0 Å². The number of rotatable bonds is 12. The molecule has 0 unspecified atom stereocenters. The molecule has 0 spiro atoms. The number of carbonyl (C=O) groups excluding carboxylic acids is 1. The first-order valence-corrected chi connectivity index (χ1v) is 19.1. The molecule has 49 heavy (non-hydrogen) atoms. The average Bonchev–Trinajstić information content (AvgIpc) is 3.20. The predicted molar refractivity (Wildman–Crippen MR) is 188 cm³/mol. The largest absolute Gasteiger partial charge is 0.491 e. The summed E-state index contributed by atoms with van der Waals surface area (Å²) in [6.45, 7) is 6.24. The van der Waals surface area contributed by atoms with Gasteiger partial charge in [0.05, 0.1) is 17.3 Å². The van der Waals surface area contributed by atoms with Crippen molar-refractivity contribution in [3.8, 4) is 16.9 Å². The standard InChI is InChI=1S/C35H42N2O6S.H2O4S/c1-3-17-41-20-21-43-33-11-6-27(7-12-33)28-8-13-34-30(23-28)24-29(16-22-44(34,39)40)35(38)36-31-9-4-26(5-10-31)25-37(2)32-14-18-42-19-15-32;1-5(2,3)4/h4-13,23-24,32H,3,14-22,25H2,1-2H3,(H,36,38);(H2,1,2,3,4). The van der Waals surface area contributed by atoms with Gasteiger partial charge in [-0.1, -0.05) is 37.3 Å². The molecular weight excluding hydrogens is 673 g/mol. The average molecular weight is 717 g/mol. The summed E-state index contributed by atoms with van der Waals surface area (Å²) >= 11 is 0. The number of nitrogens with one attached hydrogen (secondary N) is 1. The van der Waals surface area contributed by atoms with Crippen LogP contribution in [0.2, 0.25) is 0 Å². The Morgan fingerprint density at radius 1 is 0.959 bits per heavy atom. The lowest BCUT2D eigenvalue weighted by atomic mass is 10.0. The van der Waals surface area contributed by atoms with Crippen molar-refractivity contribution in [1.29, 1.82) is 0 Å². The zero-order chi connectivity index (χ0) is 35.4. The van der Waals surface area contributed by atoms with Crippen LogP contribution < -0.4 is 10.1 Å². The molecule has 0 aromatic heterocycles. The third kappa shape index (κ3) is 12.3. The van der Waals surface area contributed by atoms with Gasteiger partial charge in [0, 0.05) is 43.7 Å². The second kappa shape index (κ2) is 17.9. The molecule has 1 saturated heterocycles. The molecule has 5 rings (SSSR count). The molecule has 3 aromatic rings. The van der Waals surface area contributed by atoms with Crippen molar-refractivity contribution in [3.63, 3.8) is 0 Å². The molecular formula is C35H44N2O10S2. The van der Waals surface area contributed by atoms with E-state index in [4.69, 9.17) is 31.7 Å². The normalized spacial score (nSPS) is 16.1. The lowest BCUT2D eigenvalue weighted by Crippen LogP contribution is -2.36. The van der Waals surface area contributed by atoms with Crippen molar-refractivity contribution in [2.45, 2.75) is 50.1 Å². The van der Waals surface area contributed by atoms with Gasteiger partial charge in [0.2, 0.25) is 0 Å². The summed E-state index contributed by atoms with van der Waals surface area (Å²) < 4.78 is 74.5. The smallest absolute Gasteiger partial charge is 0.394 e. The molecule has 0 atom stereocenters. The summed E-state index contributed by atoms with van der Waals surface area (Å²) in [5.74, 6) is 0.323. The van der Waals surface area contributed by atoms with E-state index in [1.165, 1.54) is 5.56 Å². The second-order valence-electron chi connectivity index (χ2n) is 11.8. The van der Waals surface area contributed by atoms with Crippen molar-refractivity contribution < 1.29 is 44.9 Å². The molecule has 3 aromatic carbocycles. The van der Waals surface area contributed by atoms with E-state index < -0.39 is 20.2 Å². The number of amides is 1. The van der Waals surface area contributed by atoms with Gasteiger partial charge in [-0.05, 0) is 97.5 Å². The van der Waals surface area contributed by atoms with Crippen LogP contribution in [0.5, 0.6) is 5.75 Å². The predicted octanol–water partition coefficient (Wildman–Crippen LogP) is 5.32. The summed E-state index contributed by atoms with van der Waals surface area (Å²) in [5.41, 5.74) is 4.57. The molecule has 0 bridgehead atoms. The summed E-state index contributed by atoms with van der Waals surface area (Å²) in [5, 5.41) is 2.97. The molecule has 2 heterocycles. The van der Waals surface area contributed by atoms with Crippen molar-refractivity contribution in [2.75, 3.05) is 51.2 Å². The highest BCUT2D eigenvalue weighted by molar-refractivity contribution is 7.91. The number of anilines is 1. The Labute approximate surface area is 288 Å². The van der Waals surface area contributed by atoms with Gasteiger partial charge < -0.3 is 19.5 Å². The maximum Gasteiger partial charge on any atom is 0.394 e. The first kappa shape index (κ1) is 38.2. The minimum atomic E-state index is -4.67. The van der Waals surface area contributed by atoms with Crippen LogP contribution in [0.15, 0.2) is 77.2 Å². The van der Waals surface area contributed by atoms with Gasteiger partial charge in [-0.25, -0.2) is 8.42 Å². The van der Waals surface area contributed by atoms with Crippen molar-refractivity contribution in [1.82, 2.24) is 4.90 Å². The fourth-order valence-corrected chi connectivity index (χ4v) is 7.03. The van der Waals surface area contributed by atoms with Gasteiger partial charge in [-0.15, -0.1) is 0 Å². The topological polar surface area (TPSA) is 169 Å². The van der Waals surface area contributed by atoms with Crippen LogP contribution in [0.25, 0.3) is 17.2 Å². The highest BCUT2D eigenvalue weighted by Gasteiger charge is 2.25. The zero-order valence-corrected chi connectivity index (χ0v) is 29.3. The van der Waals surface area contributed by atoms with Crippen LogP contribution in [0.4, 0.5) is 5.69 Å². The van der Waals surface area contributed by atoms with Crippen LogP contribution in [0, 0.1) is 0 Å². The molecule has 2 aliphatic heterocycles. The SMILES string of the molecule is CCCOCCOc1ccc(-c2ccc3c(c2)C=C(C(=O)Nc2ccc(CN(C)C4CCOCC4)cc2)CCS3(=O)=O)cc1.O=S(=O)(O)O. The Balaban J connectivity index is 0.00000101. The molecule has 12 nitrogen and oxygen atoms in total. The molecule has 0 radical (unpaired) electrons. The summed E-state index contributed by atoms with van der Waals surface area (Å²) in [6.07, 6.45) is 4.90. The van der Waals surface area contributed by atoms with Crippen molar-refractivity contribution >= 4 is 37.9 Å². The summed E-state index contributed by atoms with van der Waals surface area (Å²) in [6, 6.07) is 21.3. The number of benzene rings is 3. The van der Waals surface area contributed by atoms with E-state index in [1.54, 1.807) is 12.1 Å². The van der Waals surface area contributed by atoms with E-state index >= 15 is 0 Å². The number of hydrogen-bond acceptors (Lipinski definition) is 9. The third-order valence-electron chi connectivity index (χ3n) is 8.10. The molecule has 0 saturated carbocycles. The van der Waals surface area contributed by atoms with Crippen LogP contribution >= 0.6 is 0 Å². The minimum absolute atomic E-state index is 0.121. The van der Waals surface area contributed by atoms with Gasteiger partial charge in [0.15, 0.2) is 9.84 Å². The monoisotopic (exact) mass is 716 g/mol. The Kier molecular flexibility index (Phi) is 13.9. The van der Waals surface area contributed by atoms with E-state index in [0.717, 1.165) is 62.5 Å². The highest BCUT2D eigenvalue weighted by atomic mass is 32.3. The van der Waals surface area contributed by atoms with Gasteiger partial charge in [0.25, 0.3) is 5.91 Å². The third-order valence-corrected chi connectivity index (χ3v) is 9.88. The van der Waals surface area contributed by atoms with Gasteiger partial charge in [-0.3, -0.25) is 18.8 Å². The Bertz CT molecular complexity index is 1780.